The summed E-state index contributed by atoms with van der Waals surface area (Å²) >= 11 is 11.6. The molecule has 0 radical (unpaired) electrons. The molecule has 0 saturated carbocycles. The standard InChI is InChI=1S/C10H9Cl2N3/c1-10(13)4-2-3-6-7(5-10)15-9(12)8(11)14-6/h2-5H,13H2,1H3. The largest absolute Gasteiger partial charge is 0.319 e. The average Bonchev–Trinajstić information content (AvgIpc) is 2.24. The van der Waals surface area contributed by atoms with Gasteiger partial charge in [-0.15, -0.1) is 0 Å². The highest BCUT2D eigenvalue weighted by Crippen LogP contribution is 2.12. The molecule has 1 aromatic rings. The van der Waals surface area contributed by atoms with Gasteiger partial charge in [0.1, 0.15) is 0 Å². The van der Waals surface area contributed by atoms with E-state index in [9.17, 15) is 0 Å². The molecule has 0 aliphatic heterocycles. The topological polar surface area (TPSA) is 51.8 Å². The minimum absolute atomic E-state index is 0.192. The van der Waals surface area contributed by atoms with Crippen LogP contribution in [0.15, 0.2) is 12.2 Å². The molecule has 1 atom stereocenters. The highest BCUT2D eigenvalue weighted by molar-refractivity contribution is 6.40. The second-order valence-electron chi connectivity index (χ2n) is 3.61. The van der Waals surface area contributed by atoms with Crippen LogP contribution in [0.1, 0.15) is 6.92 Å². The van der Waals surface area contributed by atoms with Gasteiger partial charge in [0, 0.05) is 0 Å². The lowest BCUT2D eigenvalue weighted by atomic mass is 10.0. The van der Waals surface area contributed by atoms with Crippen molar-refractivity contribution in [3.8, 4) is 0 Å². The number of allylic oxidation sites excluding steroid dienone is 1. The van der Waals surface area contributed by atoms with E-state index in [0.29, 0.717) is 10.7 Å². The zero-order valence-electron chi connectivity index (χ0n) is 8.04. The number of hydrogen-bond acceptors (Lipinski definition) is 3. The first kappa shape index (κ1) is 10.6. The minimum Gasteiger partial charge on any atom is -0.319 e. The van der Waals surface area contributed by atoms with E-state index in [1.54, 1.807) is 12.2 Å². The molecule has 2 N–H and O–H groups in total. The van der Waals surface area contributed by atoms with Crippen molar-refractivity contribution >= 4 is 35.4 Å². The lowest BCUT2D eigenvalue weighted by Crippen LogP contribution is -2.38. The van der Waals surface area contributed by atoms with Crippen molar-refractivity contribution in [2.75, 3.05) is 0 Å². The Labute approximate surface area is 96.9 Å². The Hall–Kier alpha value is -0.900. The van der Waals surface area contributed by atoms with Gasteiger partial charge >= 0.3 is 0 Å². The highest BCUT2D eigenvalue weighted by Gasteiger charge is 2.12. The molecule has 0 spiro atoms. The first-order valence-electron chi connectivity index (χ1n) is 4.38. The molecule has 0 fully saturated rings. The molecule has 1 aliphatic rings. The Morgan fingerprint density at radius 3 is 2.47 bits per heavy atom. The molecule has 15 heavy (non-hydrogen) atoms. The monoisotopic (exact) mass is 241 g/mol. The second kappa shape index (κ2) is 3.59. The van der Waals surface area contributed by atoms with Gasteiger partial charge in [0.2, 0.25) is 0 Å². The van der Waals surface area contributed by atoms with Gasteiger partial charge < -0.3 is 5.73 Å². The van der Waals surface area contributed by atoms with Gasteiger partial charge in [-0.3, -0.25) is 0 Å². The fourth-order valence-electron chi connectivity index (χ4n) is 1.34. The van der Waals surface area contributed by atoms with E-state index in [4.69, 9.17) is 28.9 Å². The maximum atomic E-state index is 5.97. The van der Waals surface area contributed by atoms with Gasteiger partial charge in [0.25, 0.3) is 0 Å². The number of hydrogen-bond donors (Lipinski definition) is 1. The van der Waals surface area contributed by atoms with Crippen LogP contribution in [0.25, 0.3) is 12.2 Å². The summed E-state index contributed by atoms with van der Waals surface area (Å²) in [5.41, 5.74) is 5.43. The summed E-state index contributed by atoms with van der Waals surface area (Å²) < 4.78 is 0. The summed E-state index contributed by atoms with van der Waals surface area (Å²) in [6.45, 7) is 1.87. The zero-order chi connectivity index (χ0) is 11.1. The minimum atomic E-state index is -0.548. The summed E-state index contributed by atoms with van der Waals surface area (Å²) in [6, 6.07) is 0. The molecule has 1 unspecified atom stereocenters. The molecule has 2 rings (SSSR count). The van der Waals surface area contributed by atoms with E-state index < -0.39 is 5.54 Å². The molecule has 1 aromatic heterocycles. The third-order valence-corrected chi connectivity index (χ3v) is 2.65. The van der Waals surface area contributed by atoms with Gasteiger partial charge in [-0.1, -0.05) is 35.4 Å². The summed E-state index contributed by atoms with van der Waals surface area (Å²) in [5.74, 6) is 0. The number of halogens is 2. The van der Waals surface area contributed by atoms with E-state index in [0.717, 1.165) is 0 Å². The van der Waals surface area contributed by atoms with Crippen molar-refractivity contribution in [2.45, 2.75) is 12.5 Å². The molecule has 1 aliphatic carbocycles. The van der Waals surface area contributed by atoms with Crippen LogP contribution in [0.2, 0.25) is 10.3 Å². The van der Waals surface area contributed by atoms with Crippen molar-refractivity contribution in [1.29, 1.82) is 0 Å². The summed E-state index contributed by atoms with van der Waals surface area (Å²) in [6.07, 6.45) is 7.30. The highest BCUT2D eigenvalue weighted by atomic mass is 35.5. The van der Waals surface area contributed by atoms with Crippen LogP contribution in [0.5, 0.6) is 0 Å². The normalized spacial score (nSPS) is 23.7. The predicted molar refractivity (Wildman–Crippen MR) is 62.0 cm³/mol. The van der Waals surface area contributed by atoms with E-state index in [1.165, 1.54) is 0 Å². The molecule has 78 valence electrons. The van der Waals surface area contributed by atoms with Crippen molar-refractivity contribution in [3.05, 3.63) is 33.2 Å². The summed E-state index contributed by atoms with van der Waals surface area (Å²) in [5, 5.41) is 1.72. The quantitative estimate of drug-likeness (QED) is 0.726. The number of rotatable bonds is 0. The van der Waals surface area contributed by atoms with Crippen molar-refractivity contribution < 1.29 is 0 Å². The number of fused-ring (bicyclic) bond motifs is 1. The smallest absolute Gasteiger partial charge is 0.167 e. The Kier molecular flexibility index (Phi) is 2.54. The first-order chi connectivity index (χ1) is 6.98. The SMILES string of the molecule is CC1(N)C=CC=c2nc(Cl)c(Cl)nc2=C1. The fraction of sp³-hybridized carbons (Fsp3) is 0.200. The Balaban J connectivity index is 2.81. The van der Waals surface area contributed by atoms with Crippen LogP contribution in [0.3, 0.4) is 0 Å². The third kappa shape index (κ3) is 2.20. The maximum absolute atomic E-state index is 5.97. The Morgan fingerprint density at radius 1 is 1.20 bits per heavy atom. The summed E-state index contributed by atoms with van der Waals surface area (Å²) in [7, 11) is 0. The van der Waals surface area contributed by atoms with Gasteiger partial charge in [-0.2, -0.15) is 0 Å². The Morgan fingerprint density at radius 2 is 1.80 bits per heavy atom. The zero-order valence-corrected chi connectivity index (χ0v) is 9.55. The summed E-state index contributed by atoms with van der Waals surface area (Å²) in [4.78, 5) is 8.25. The Bertz CT molecular complexity index is 547. The number of aromatic nitrogens is 2. The van der Waals surface area contributed by atoms with Gasteiger partial charge in [0.15, 0.2) is 10.3 Å². The van der Waals surface area contributed by atoms with E-state index in [1.807, 2.05) is 19.1 Å². The van der Waals surface area contributed by atoms with Crippen LogP contribution in [-0.2, 0) is 0 Å². The van der Waals surface area contributed by atoms with E-state index in [-0.39, 0.29) is 10.3 Å². The lowest BCUT2D eigenvalue weighted by Gasteiger charge is -2.12. The van der Waals surface area contributed by atoms with Gasteiger partial charge in [-0.25, -0.2) is 9.97 Å². The molecular weight excluding hydrogens is 233 g/mol. The van der Waals surface area contributed by atoms with Gasteiger partial charge in [-0.05, 0) is 19.1 Å². The van der Waals surface area contributed by atoms with E-state index >= 15 is 0 Å². The van der Waals surface area contributed by atoms with Crippen LogP contribution in [0.4, 0.5) is 0 Å². The van der Waals surface area contributed by atoms with Crippen LogP contribution in [-0.4, -0.2) is 15.5 Å². The first-order valence-corrected chi connectivity index (χ1v) is 5.14. The lowest BCUT2D eigenvalue weighted by molar-refractivity contribution is 0.775. The maximum Gasteiger partial charge on any atom is 0.167 e. The van der Waals surface area contributed by atoms with E-state index in [2.05, 4.69) is 9.97 Å². The van der Waals surface area contributed by atoms with Crippen molar-refractivity contribution in [3.63, 3.8) is 0 Å². The number of nitrogens with zero attached hydrogens (tertiary/aromatic N) is 2. The third-order valence-electron chi connectivity index (χ3n) is 2.03. The molecule has 0 aromatic carbocycles. The number of nitrogens with two attached hydrogens (primary N) is 1. The van der Waals surface area contributed by atoms with Crippen LogP contribution >= 0.6 is 23.2 Å². The molecule has 1 heterocycles. The van der Waals surface area contributed by atoms with Crippen LogP contribution in [0, 0.1) is 0 Å². The fourth-order valence-corrected chi connectivity index (χ4v) is 1.60. The van der Waals surface area contributed by atoms with Gasteiger partial charge in [0.05, 0.1) is 16.2 Å². The molecule has 0 amide bonds. The van der Waals surface area contributed by atoms with Crippen molar-refractivity contribution in [1.82, 2.24) is 9.97 Å². The molecule has 3 nitrogen and oxygen atoms in total. The molecular formula is C10H9Cl2N3. The average molecular weight is 242 g/mol. The predicted octanol–water partition coefficient (Wildman–Crippen LogP) is 0.632. The van der Waals surface area contributed by atoms with Crippen LogP contribution < -0.4 is 16.4 Å². The molecule has 5 heteroatoms. The molecule has 0 saturated heterocycles. The second-order valence-corrected chi connectivity index (χ2v) is 4.33. The molecule has 0 bridgehead atoms. The van der Waals surface area contributed by atoms with Crippen molar-refractivity contribution in [2.24, 2.45) is 5.73 Å².